The lowest BCUT2D eigenvalue weighted by molar-refractivity contribution is 0.995. The summed E-state index contributed by atoms with van der Waals surface area (Å²) >= 11 is 0. The molecule has 0 aliphatic rings. The van der Waals surface area contributed by atoms with Gasteiger partial charge in [-0.2, -0.15) is 5.10 Å². The molecule has 5 N–H and O–H groups in total. The van der Waals surface area contributed by atoms with Crippen LogP contribution in [0.4, 0.5) is 0 Å². The van der Waals surface area contributed by atoms with Crippen LogP contribution in [0.3, 0.4) is 0 Å². The smallest absolute Gasteiger partial charge is 0.132 e. The van der Waals surface area contributed by atoms with Crippen molar-refractivity contribution in [3.8, 4) is 0 Å². The predicted octanol–water partition coefficient (Wildman–Crippen LogP) is -0.836. The quantitative estimate of drug-likeness (QED) is 0.171. The molecular formula is C2H9ClN4. The molecule has 0 radical (unpaired) electrons. The summed E-state index contributed by atoms with van der Waals surface area (Å²) in [5, 5.41) is 3.19. The largest absolute Gasteiger partial charge is 0.322 e. The van der Waals surface area contributed by atoms with Crippen LogP contribution in [-0.2, 0) is 0 Å². The Balaban J connectivity index is 0. The molecule has 0 fully saturated rings. The molecule has 44 valence electrons. The lowest BCUT2D eigenvalue weighted by Crippen LogP contribution is -2.28. The van der Waals surface area contributed by atoms with Gasteiger partial charge in [0.15, 0.2) is 0 Å². The van der Waals surface area contributed by atoms with Crippen molar-refractivity contribution >= 4 is 18.2 Å². The van der Waals surface area contributed by atoms with E-state index in [4.69, 9.17) is 11.7 Å². The number of rotatable bonds is 0. The van der Waals surface area contributed by atoms with Gasteiger partial charge in [-0.25, -0.2) is 5.84 Å². The highest BCUT2D eigenvalue weighted by Crippen LogP contribution is 1.52. The van der Waals surface area contributed by atoms with Crippen LogP contribution in [0.15, 0.2) is 5.10 Å². The van der Waals surface area contributed by atoms with E-state index in [9.17, 15) is 0 Å². The Bertz CT molecular complexity index is 60.7. The van der Waals surface area contributed by atoms with Crippen LogP contribution in [0.2, 0.25) is 0 Å². The van der Waals surface area contributed by atoms with Crippen molar-refractivity contribution in [3.05, 3.63) is 0 Å². The first kappa shape index (κ1) is 9.72. The zero-order chi connectivity index (χ0) is 4.99. The third-order valence-electron chi connectivity index (χ3n) is 0.403. The minimum Gasteiger partial charge on any atom is -0.322 e. The van der Waals surface area contributed by atoms with Crippen LogP contribution in [0.25, 0.3) is 0 Å². The van der Waals surface area contributed by atoms with Crippen molar-refractivity contribution in [1.29, 1.82) is 0 Å². The van der Waals surface area contributed by atoms with E-state index in [0.29, 0.717) is 5.84 Å². The van der Waals surface area contributed by atoms with E-state index in [-0.39, 0.29) is 12.4 Å². The maximum atomic E-state index is 4.82. The van der Waals surface area contributed by atoms with Gasteiger partial charge in [0.25, 0.3) is 0 Å². The maximum Gasteiger partial charge on any atom is 0.132 e. The topological polar surface area (TPSA) is 76.4 Å². The van der Waals surface area contributed by atoms with Crippen LogP contribution in [0.5, 0.6) is 0 Å². The van der Waals surface area contributed by atoms with Gasteiger partial charge in [0, 0.05) is 0 Å². The number of nitrogens with two attached hydrogens (primary N) is 2. The first-order valence-electron chi connectivity index (χ1n) is 1.52. The number of hydrogen-bond donors (Lipinski definition) is 3. The van der Waals surface area contributed by atoms with E-state index in [1.165, 1.54) is 0 Å². The Hall–Kier alpha value is -0.480. The first-order chi connectivity index (χ1) is 2.81. The molecule has 0 saturated heterocycles. The Kier molecular flexibility index (Phi) is 7.67. The number of halogens is 1. The summed E-state index contributed by atoms with van der Waals surface area (Å²) in [7, 11) is 0. The predicted molar refractivity (Wildman–Crippen MR) is 31.9 cm³/mol. The number of hydrazone groups is 1. The number of nitrogens with one attached hydrogen (secondary N) is 1. The Morgan fingerprint density at radius 1 is 1.71 bits per heavy atom. The van der Waals surface area contributed by atoms with E-state index in [1.54, 1.807) is 6.92 Å². The lowest BCUT2D eigenvalue weighted by atomic mass is 10.7. The standard InChI is InChI=1S/C2H8N4.ClH/c1-2(5-3)6-4;/h3-4H2,1H3,(H,5,6);1H. The summed E-state index contributed by atoms with van der Waals surface area (Å²) < 4.78 is 0. The van der Waals surface area contributed by atoms with Gasteiger partial charge in [0.2, 0.25) is 0 Å². The minimum atomic E-state index is 0. The maximum absolute atomic E-state index is 4.82. The summed E-state index contributed by atoms with van der Waals surface area (Å²) in [6.07, 6.45) is 0. The molecule has 0 unspecified atom stereocenters. The van der Waals surface area contributed by atoms with E-state index < -0.39 is 0 Å². The van der Waals surface area contributed by atoms with Gasteiger partial charge in [-0.05, 0) is 6.92 Å². The van der Waals surface area contributed by atoms with E-state index in [0.717, 1.165) is 0 Å². The molecule has 0 atom stereocenters. The number of hydrazine groups is 1. The summed E-state index contributed by atoms with van der Waals surface area (Å²) in [5.41, 5.74) is 2.24. The molecule has 0 aliphatic carbocycles. The van der Waals surface area contributed by atoms with Crippen LogP contribution in [0.1, 0.15) is 6.92 Å². The zero-order valence-corrected chi connectivity index (χ0v) is 4.83. The molecule has 0 rings (SSSR count). The van der Waals surface area contributed by atoms with Crippen molar-refractivity contribution in [1.82, 2.24) is 5.43 Å². The van der Waals surface area contributed by atoms with Gasteiger partial charge < -0.3 is 11.3 Å². The highest BCUT2D eigenvalue weighted by atomic mass is 35.5. The molecule has 5 heteroatoms. The normalized spacial score (nSPS) is 9.71. The molecule has 0 aromatic carbocycles. The molecule has 4 nitrogen and oxygen atoms in total. The number of amidine groups is 1. The zero-order valence-electron chi connectivity index (χ0n) is 4.01. The molecule has 0 aromatic heterocycles. The van der Waals surface area contributed by atoms with Crippen molar-refractivity contribution in [2.75, 3.05) is 0 Å². The molecule has 0 saturated carbocycles. The monoisotopic (exact) mass is 124 g/mol. The van der Waals surface area contributed by atoms with Gasteiger partial charge >= 0.3 is 0 Å². The number of nitrogens with zero attached hydrogens (tertiary/aromatic N) is 1. The highest BCUT2D eigenvalue weighted by Gasteiger charge is 1.73. The second-order valence-electron chi connectivity index (χ2n) is 0.859. The molecule has 0 aliphatic heterocycles. The van der Waals surface area contributed by atoms with Gasteiger partial charge in [-0.3, -0.25) is 0 Å². The van der Waals surface area contributed by atoms with Crippen LogP contribution >= 0.6 is 12.4 Å². The van der Waals surface area contributed by atoms with Crippen LogP contribution in [-0.4, -0.2) is 5.84 Å². The van der Waals surface area contributed by atoms with E-state index >= 15 is 0 Å². The second-order valence-corrected chi connectivity index (χ2v) is 0.859. The van der Waals surface area contributed by atoms with E-state index in [2.05, 4.69) is 10.5 Å². The summed E-state index contributed by atoms with van der Waals surface area (Å²) in [6.45, 7) is 1.67. The van der Waals surface area contributed by atoms with E-state index in [1.807, 2.05) is 0 Å². The van der Waals surface area contributed by atoms with Crippen LogP contribution in [0, 0.1) is 0 Å². The van der Waals surface area contributed by atoms with Crippen molar-refractivity contribution in [2.24, 2.45) is 16.8 Å². The minimum absolute atomic E-state index is 0. The summed E-state index contributed by atoms with van der Waals surface area (Å²) in [4.78, 5) is 0. The average molecular weight is 125 g/mol. The van der Waals surface area contributed by atoms with Crippen molar-refractivity contribution < 1.29 is 0 Å². The fraction of sp³-hybridized carbons (Fsp3) is 0.500. The fourth-order valence-electron chi connectivity index (χ4n) is 0.0373. The Morgan fingerprint density at radius 2 is 2.14 bits per heavy atom. The van der Waals surface area contributed by atoms with Crippen molar-refractivity contribution in [2.45, 2.75) is 6.92 Å². The van der Waals surface area contributed by atoms with Crippen molar-refractivity contribution in [3.63, 3.8) is 0 Å². The Labute approximate surface area is 48.3 Å². The second kappa shape index (κ2) is 5.52. The fourth-order valence-corrected chi connectivity index (χ4v) is 0.0373. The van der Waals surface area contributed by atoms with Gasteiger partial charge in [0.1, 0.15) is 5.84 Å². The lowest BCUT2D eigenvalue weighted by Gasteiger charge is -1.89. The SMILES string of the molecule is CC(=NN)NN.Cl. The third kappa shape index (κ3) is 5.52. The number of hydrogen-bond acceptors (Lipinski definition) is 3. The average Bonchev–Trinajstić information content (AvgIpc) is 1.65. The molecule has 0 heterocycles. The molecule has 0 spiro atoms. The first-order valence-corrected chi connectivity index (χ1v) is 1.52. The van der Waals surface area contributed by atoms with Gasteiger partial charge in [0.05, 0.1) is 0 Å². The summed E-state index contributed by atoms with van der Waals surface area (Å²) in [6, 6.07) is 0. The molecule has 0 amide bonds. The third-order valence-corrected chi connectivity index (χ3v) is 0.403. The molecule has 0 bridgehead atoms. The van der Waals surface area contributed by atoms with Crippen LogP contribution < -0.4 is 17.1 Å². The summed E-state index contributed by atoms with van der Waals surface area (Å²) in [5.74, 6) is 10.1. The van der Waals surface area contributed by atoms with Gasteiger partial charge in [-0.1, -0.05) is 0 Å². The Morgan fingerprint density at radius 3 is 2.14 bits per heavy atom. The molecule has 0 aromatic rings. The molecular weight excluding hydrogens is 116 g/mol. The molecule has 7 heavy (non-hydrogen) atoms. The van der Waals surface area contributed by atoms with Gasteiger partial charge in [-0.15, -0.1) is 12.4 Å². The highest BCUT2D eigenvalue weighted by molar-refractivity contribution is 5.85.